The second kappa shape index (κ2) is 6.05. The third kappa shape index (κ3) is 2.76. The Morgan fingerprint density at radius 2 is 1.84 bits per heavy atom. The summed E-state index contributed by atoms with van der Waals surface area (Å²) in [7, 11) is 0. The Labute approximate surface area is 142 Å². The molecule has 0 bridgehead atoms. The largest absolute Gasteiger partial charge is 0.364 e. The van der Waals surface area contributed by atoms with Gasteiger partial charge in [-0.25, -0.2) is 13.8 Å². The van der Waals surface area contributed by atoms with Crippen molar-refractivity contribution in [3.63, 3.8) is 0 Å². The fourth-order valence-corrected chi connectivity index (χ4v) is 3.25. The van der Waals surface area contributed by atoms with E-state index in [-0.39, 0.29) is 17.4 Å². The molecule has 2 heterocycles. The molecule has 1 aliphatic heterocycles. The van der Waals surface area contributed by atoms with Crippen LogP contribution in [0, 0.1) is 5.82 Å². The van der Waals surface area contributed by atoms with Crippen LogP contribution in [-0.4, -0.2) is 9.55 Å². The minimum Gasteiger partial charge on any atom is -0.364 e. The van der Waals surface area contributed by atoms with Gasteiger partial charge in [0, 0.05) is 0 Å². The molecular formula is C19H16FN3O2. The van der Waals surface area contributed by atoms with Gasteiger partial charge in [-0.1, -0.05) is 30.3 Å². The number of hydrogen-bond donors (Lipinski definition) is 2. The average molecular weight is 337 g/mol. The third-order valence-corrected chi connectivity index (χ3v) is 4.47. The summed E-state index contributed by atoms with van der Waals surface area (Å²) < 4.78 is 14.6. The van der Waals surface area contributed by atoms with Crippen molar-refractivity contribution in [2.75, 3.05) is 5.32 Å². The van der Waals surface area contributed by atoms with Gasteiger partial charge in [-0.3, -0.25) is 9.78 Å². The van der Waals surface area contributed by atoms with Crippen LogP contribution < -0.4 is 16.6 Å². The van der Waals surface area contributed by atoms with E-state index >= 15 is 0 Å². The van der Waals surface area contributed by atoms with E-state index in [0.29, 0.717) is 29.9 Å². The zero-order valence-electron chi connectivity index (χ0n) is 13.3. The van der Waals surface area contributed by atoms with E-state index < -0.39 is 5.69 Å². The molecule has 5 nitrogen and oxygen atoms in total. The predicted octanol–water partition coefficient (Wildman–Crippen LogP) is 2.76. The Bertz CT molecular complexity index is 1040. The molecule has 2 aromatic carbocycles. The lowest BCUT2D eigenvalue weighted by Crippen LogP contribution is -2.39. The first-order valence-electron chi connectivity index (χ1n) is 8.09. The minimum absolute atomic E-state index is 0.147. The SMILES string of the molecule is O=c1[nH]c2c(c(=O)n1-c1ccccc1)CC[C@H](c1cccc(F)c1)N2. The van der Waals surface area contributed by atoms with Gasteiger partial charge in [0.2, 0.25) is 0 Å². The van der Waals surface area contributed by atoms with Crippen molar-refractivity contribution in [1.82, 2.24) is 9.55 Å². The monoisotopic (exact) mass is 337 g/mol. The van der Waals surface area contributed by atoms with E-state index in [2.05, 4.69) is 10.3 Å². The Kier molecular flexibility index (Phi) is 3.72. The molecule has 0 amide bonds. The van der Waals surface area contributed by atoms with Crippen molar-refractivity contribution < 1.29 is 4.39 Å². The van der Waals surface area contributed by atoms with Gasteiger partial charge in [0.1, 0.15) is 11.6 Å². The Hall–Kier alpha value is -3.15. The topological polar surface area (TPSA) is 66.9 Å². The van der Waals surface area contributed by atoms with Crippen LogP contribution in [0.3, 0.4) is 0 Å². The van der Waals surface area contributed by atoms with Crippen molar-refractivity contribution in [2.45, 2.75) is 18.9 Å². The number of aromatic nitrogens is 2. The van der Waals surface area contributed by atoms with Gasteiger partial charge in [0.15, 0.2) is 0 Å². The van der Waals surface area contributed by atoms with Gasteiger partial charge >= 0.3 is 5.69 Å². The highest BCUT2D eigenvalue weighted by Crippen LogP contribution is 2.29. The summed E-state index contributed by atoms with van der Waals surface area (Å²) in [6, 6.07) is 15.0. The number of nitrogens with one attached hydrogen (secondary N) is 2. The van der Waals surface area contributed by atoms with Crippen molar-refractivity contribution in [1.29, 1.82) is 0 Å². The van der Waals surface area contributed by atoms with Crippen molar-refractivity contribution in [3.05, 3.63) is 92.4 Å². The molecule has 0 aliphatic carbocycles. The van der Waals surface area contributed by atoms with Gasteiger partial charge in [-0.2, -0.15) is 0 Å². The molecule has 0 unspecified atom stereocenters. The standard InChI is InChI=1S/C19H16FN3O2/c20-13-6-4-5-12(11-13)16-10-9-15-17(21-16)22-19(25)23(18(15)24)14-7-2-1-3-8-14/h1-8,11,16,21H,9-10H2,(H,22,25)/t16-/m1/s1. The number of rotatable bonds is 2. The number of nitrogens with zero attached hydrogens (tertiary/aromatic N) is 1. The first-order valence-corrected chi connectivity index (χ1v) is 8.09. The highest BCUT2D eigenvalue weighted by molar-refractivity contribution is 5.49. The highest BCUT2D eigenvalue weighted by atomic mass is 19.1. The molecule has 0 fully saturated rings. The fourth-order valence-electron chi connectivity index (χ4n) is 3.25. The normalized spacial score (nSPS) is 16.1. The van der Waals surface area contributed by atoms with Gasteiger partial charge in [-0.15, -0.1) is 0 Å². The molecule has 4 rings (SSSR count). The molecule has 0 radical (unpaired) electrons. The van der Waals surface area contributed by atoms with Crippen LogP contribution in [0.15, 0.2) is 64.2 Å². The third-order valence-electron chi connectivity index (χ3n) is 4.47. The van der Waals surface area contributed by atoms with E-state index in [9.17, 15) is 14.0 Å². The molecule has 3 aromatic rings. The summed E-state index contributed by atoms with van der Waals surface area (Å²) in [6.45, 7) is 0. The Morgan fingerprint density at radius 1 is 1.04 bits per heavy atom. The number of aromatic amines is 1. The van der Waals surface area contributed by atoms with Crippen LogP contribution in [0.4, 0.5) is 10.2 Å². The number of anilines is 1. The van der Waals surface area contributed by atoms with Crippen LogP contribution in [0.2, 0.25) is 0 Å². The van der Waals surface area contributed by atoms with Crippen LogP contribution >= 0.6 is 0 Å². The van der Waals surface area contributed by atoms with Crippen molar-refractivity contribution >= 4 is 5.82 Å². The summed E-state index contributed by atoms with van der Waals surface area (Å²) in [6.07, 6.45) is 1.15. The molecule has 6 heteroatoms. The first-order chi connectivity index (χ1) is 12.1. The zero-order valence-corrected chi connectivity index (χ0v) is 13.3. The van der Waals surface area contributed by atoms with Gasteiger partial charge in [0.25, 0.3) is 5.56 Å². The molecule has 25 heavy (non-hydrogen) atoms. The molecule has 0 spiro atoms. The lowest BCUT2D eigenvalue weighted by Gasteiger charge is -2.27. The lowest BCUT2D eigenvalue weighted by molar-refractivity contribution is 0.609. The van der Waals surface area contributed by atoms with E-state index in [1.54, 1.807) is 30.3 Å². The number of halogens is 1. The lowest BCUT2D eigenvalue weighted by atomic mass is 9.96. The number of H-pyrrole nitrogens is 1. The Morgan fingerprint density at radius 3 is 2.60 bits per heavy atom. The predicted molar refractivity (Wildman–Crippen MR) is 93.7 cm³/mol. The maximum atomic E-state index is 13.4. The van der Waals surface area contributed by atoms with E-state index in [1.807, 2.05) is 12.1 Å². The first kappa shape index (κ1) is 15.4. The van der Waals surface area contributed by atoms with Gasteiger partial charge < -0.3 is 5.32 Å². The quantitative estimate of drug-likeness (QED) is 0.756. The Balaban J connectivity index is 1.76. The second-order valence-electron chi connectivity index (χ2n) is 6.05. The summed E-state index contributed by atoms with van der Waals surface area (Å²) in [5.74, 6) is 0.112. The fraction of sp³-hybridized carbons (Fsp3) is 0.158. The molecule has 126 valence electrons. The van der Waals surface area contributed by atoms with E-state index in [1.165, 1.54) is 12.1 Å². The summed E-state index contributed by atoms with van der Waals surface area (Å²) in [5.41, 5.74) is 1.04. The van der Waals surface area contributed by atoms with Gasteiger partial charge in [-0.05, 0) is 42.7 Å². The molecule has 1 aromatic heterocycles. The summed E-state index contributed by atoms with van der Waals surface area (Å²) >= 11 is 0. The highest BCUT2D eigenvalue weighted by Gasteiger charge is 2.24. The maximum absolute atomic E-state index is 13.4. The molecule has 0 saturated heterocycles. The maximum Gasteiger partial charge on any atom is 0.334 e. The second-order valence-corrected chi connectivity index (χ2v) is 6.05. The van der Waals surface area contributed by atoms with Crippen LogP contribution in [0.1, 0.15) is 23.6 Å². The number of hydrogen-bond acceptors (Lipinski definition) is 3. The number of fused-ring (bicyclic) bond motifs is 1. The molecule has 1 aliphatic rings. The van der Waals surface area contributed by atoms with E-state index in [4.69, 9.17) is 0 Å². The molecule has 1 atom stereocenters. The van der Waals surface area contributed by atoms with Crippen LogP contribution in [0.25, 0.3) is 5.69 Å². The van der Waals surface area contributed by atoms with E-state index in [0.717, 1.165) is 10.1 Å². The number of benzene rings is 2. The number of para-hydroxylation sites is 1. The van der Waals surface area contributed by atoms with Crippen molar-refractivity contribution in [3.8, 4) is 5.69 Å². The van der Waals surface area contributed by atoms with Gasteiger partial charge in [0.05, 0.1) is 17.3 Å². The smallest absolute Gasteiger partial charge is 0.334 e. The molecular weight excluding hydrogens is 321 g/mol. The average Bonchev–Trinajstić information content (AvgIpc) is 2.62. The molecule has 2 N–H and O–H groups in total. The van der Waals surface area contributed by atoms with Crippen molar-refractivity contribution in [2.24, 2.45) is 0 Å². The summed E-state index contributed by atoms with van der Waals surface area (Å²) in [4.78, 5) is 27.9. The van der Waals surface area contributed by atoms with Crippen LogP contribution in [0.5, 0.6) is 0 Å². The zero-order chi connectivity index (χ0) is 17.4. The molecule has 0 saturated carbocycles. The minimum atomic E-state index is -0.498. The van der Waals surface area contributed by atoms with Crippen LogP contribution in [-0.2, 0) is 6.42 Å². The summed E-state index contributed by atoms with van der Waals surface area (Å²) in [5, 5.41) is 3.17.